The largest absolute Gasteiger partial charge is 0.313 e. The predicted molar refractivity (Wildman–Crippen MR) is 60.4 cm³/mol. The zero-order valence-electron chi connectivity index (χ0n) is 9.14. The summed E-state index contributed by atoms with van der Waals surface area (Å²) in [5, 5.41) is 3.40. The quantitative estimate of drug-likeness (QED) is 0.768. The third-order valence-corrected chi connectivity index (χ3v) is 3.23. The molecule has 1 aliphatic rings. The van der Waals surface area contributed by atoms with Crippen LogP contribution in [0.4, 0.5) is 0 Å². The Bertz CT molecular complexity index is 313. The standard InChI is InChI=1S/C13H19N/c1-3-14-10-11-6-4-5-7-12(11)13(2)8-9-13/h4-7,14H,3,8-10H2,1-2H3. The summed E-state index contributed by atoms with van der Waals surface area (Å²) < 4.78 is 0. The molecule has 0 amide bonds. The van der Waals surface area contributed by atoms with Gasteiger partial charge in [0.25, 0.3) is 0 Å². The third-order valence-electron chi connectivity index (χ3n) is 3.23. The highest BCUT2D eigenvalue weighted by Crippen LogP contribution is 2.48. The molecule has 1 heteroatoms. The molecule has 0 heterocycles. The monoisotopic (exact) mass is 189 g/mol. The fraction of sp³-hybridized carbons (Fsp3) is 0.538. The second-order valence-corrected chi connectivity index (χ2v) is 4.50. The van der Waals surface area contributed by atoms with Gasteiger partial charge >= 0.3 is 0 Å². The Hall–Kier alpha value is -0.820. The Balaban J connectivity index is 2.20. The average Bonchev–Trinajstić information content (AvgIpc) is 2.95. The van der Waals surface area contributed by atoms with Crippen molar-refractivity contribution in [3.05, 3.63) is 35.4 Å². The molecule has 0 radical (unpaired) electrons. The van der Waals surface area contributed by atoms with Crippen molar-refractivity contribution in [3.8, 4) is 0 Å². The van der Waals surface area contributed by atoms with Gasteiger partial charge in [0.05, 0.1) is 0 Å². The van der Waals surface area contributed by atoms with Gasteiger partial charge in [0, 0.05) is 6.54 Å². The van der Waals surface area contributed by atoms with Crippen LogP contribution in [0.2, 0.25) is 0 Å². The van der Waals surface area contributed by atoms with Gasteiger partial charge in [-0.1, -0.05) is 38.1 Å². The summed E-state index contributed by atoms with van der Waals surface area (Å²) in [4.78, 5) is 0. The smallest absolute Gasteiger partial charge is 0.0208 e. The fourth-order valence-electron chi connectivity index (χ4n) is 1.98. The van der Waals surface area contributed by atoms with Gasteiger partial charge in [0.1, 0.15) is 0 Å². The van der Waals surface area contributed by atoms with Crippen LogP contribution in [-0.4, -0.2) is 6.54 Å². The van der Waals surface area contributed by atoms with Crippen molar-refractivity contribution >= 4 is 0 Å². The lowest BCUT2D eigenvalue weighted by Crippen LogP contribution is -2.15. The molecule has 0 bridgehead atoms. The van der Waals surface area contributed by atoms with Gasteiger partial charge in [-0.2, -0.15) is 0 Å². The molecule has 1 N–H and O–H groups in total. The minimum absolute atomic E-state index is 0.492. The first-order valence-electron chi connectivity index (χ1n) is 5.55. The highest BCUT2D eigenvalue weighted by molar-refractivity contribution is 5.37. The maximum absolute atomic E-state index is 3.40. The molecular weight excluding hydrogens is 170 g/mol. The minimum Gasteiger partial charge on any atom is -0.313 e. The number of nitrogens with one attached hydrogen (secondary N) is 1. The van der Waals surface area contributed by atoms with Crippen molar-refractivity contribution in [1.29, 1.82) is 0 Å². The van der Waals surface area contributed by atoms with Crippen molar-refractivity contribution < 1.29 is 0 Å². The van der Waals surface area contributed by atoms with Crippen LogP contribution in [0.15, 0.2) is 24.3 Å². The Kier molecular flexibility index (Phi) is 2.60. The molecule has 1 aromatic rings. The number of hydrogen-bond acceptors (Lipinski definition) is 1. The van der Waals surface area contributed by atoms with Crippen LogP contribution >= 0.6 is 0 Å². The maximum Gasteiger partial charge on any atom is 0.0208 e. The molecule has 1 saturated carbocycles. The molecule has 14 heavy (non-hydrogen) atoms. The molecule has 1 nitrogen and oxygen atoms in total. The maximum atomic E-state index is 3.40. The second kappa shape index (κ2) is 3.74. The summed E-state index contributed by atoms with van der Waals surface area (Å²) in [6.45, 7) is 6.59. The molecule has 0 aliphatic heterocycles. The second-order valence-electron chi connectivity index (χ2n) is 4.50. The van der Waals surface area contributed by atoms with Gasteiger partial charge in [-0.15, -0.1) is 0 Å². The van der Waals surface area contributed by atoms with E-state index in [1.54, 1.807) is 5.56 Å². The molecule has 2 rings (SSSR count). The molecule has 0 unspecified atom stereocenters. The van der Waals surface area contributed by atoms with Crippen LogP contribution < -0.4 is 5.32 Å². The van der Waals surface area contributed by atoms with Crippen LogP contribution in [-0.2, 0) is 12.0 Å². The van der Waals surface area contributed by atoms with E-state index in [1.165, 1.54) is 18.4 Å². The molecule has 1 aromatic carbocycles. The third kappa shape index (κ3) is 1.83. The Morgan fingerprint density at radius 3 is 2.64 bits per heavy atom. The van der Waals surface area contributed by atoms with E-state index in [0.717, 1.165) is 13.1 Å². The van der Waals surface area contributed by atoms with Crippen LogP contribution in [0.3, 0.4) is 0 Å². The lowest BCUT2D eigenvalue weighted by atomic mass is 9.93. The van der Waals surface area contributed by atoms with Crippen molar-refractivity contribution in [1.82, 2.24) is 5.32 Å². The van der Waals surface area contributed by atoms with E-state index in [1.807, 2.05) is 0 Å². The fourth-order valence-corrected chi connectivity index (χ4v) is 1.98. The van der Waals surface area contributed by atoms with Crippen molar-refractivity contribution in [2.75, 3.05) is 6.54 Å². The summed E-state index contributed by atoms with van der Waals surface area (Å²) in [6, 6.07) is 8.84. The number of hydrogen-bond donors (Lipinski definition) is 1. The van der Waals surface area contributed by atoms with Gasteiger partial charge in [0.15, 0.2) is 0 Å². The van der Waals surface area contributed by atoms with Crippen molar-refractivity contribution in [2.45, 2.75) is 38.6 Å². The molecule has 0 saturated heterocycles. The van der Waals surface area contributed by atoms with Gasteiger partial charge in [-0.25, -0.2) is 0 Å². The van der Waals surface area contributed by atoms with Crippen LogP contribution in [0.1, 0.15) is 37.8 Å². The lowest BCUT2D eigenvalue weighted by Gasteiger charge is -2.15. The van der Waals surface area contributed by atoms with Crippen LogP contribution in [0.5, 0.6) is 0 Å². The van der Waals surface area contributed by atoms with E-state index in [2.05, 4.69) is 43.4 Å². The predicted octanol–water partition coefficient (Wildman–Crippen LogP) is 2.85. The molecule has 0 atom stereocenters. The summed E-state index contributed by atoms with van der Waals surface area (Å²) in [7, 11) is 0. The highest BCUT2D eigenvalue weighted by Gasteiger charge is 2.40. The Labute approximate surface area is 86.5 Å². The van der Waals surface area contributed by atoms with E-state index in [4.69, 9.17) is 0 Å². The summed E-state index contributed by atoms with van der Waals surface area (Å²) in [5.41, 5.74) is 3.53. The Morgan fingerprint density at radius 1 is 1.29 bits per heavy atom. The number of rotatable bonds is 4. The zero-order valence-corrected chi connectivity index (χ0v) is 9.14. The van der Waals surface area contributed by atoms with Crippen molar-refractivity contribution in [3.63, 3.8) is 0 Å². The van der Waals surface area contributed by atoms with E-state index in [9.17, 15) is 0 Å². The topological polar surface area (TPSA) is 12.0 Å². The first-order valence-corrected chi connectivity index (χ1v) is 5.55. The number of benzene rings is 1. The normalized spacial score (nSPS) is 18.1. The van der Waals surface area contributed by atoms with E-state index in [0.29, 0.717) is 5.41 Å². The van der Waals surface area contributed by atoms with Crippen LogP contribution in [0.25, 0.3) is 0 Å². The van der Waals surface area contributed by atoms with E-state index < -0.39 is 0 Å². The van der Waals surface area contributed by atoms with Gasteiger partial charge in [-0.05, 0) is 35.9 Å². The summed E-state index contributed by atoms with van der Waals surface area (Å²) >= 11 is 0. The Morgan fingerprint density at radius 2 is 2.00 bits per heavy atom. The molecule has 1 aliphatic carbocycles. The molecule has 0 spiro atoms. The van der Waals surface area contributed by atoms with Gasteiger partial charge < -0.3 is 5.32 Å². The van der Waals surface area contributed by atoms with Gasteiger partial charge in [0.2, 0.25) is 0 Å². The van der Waals surface area contributed by atoms with E-state index >= 15 is 0 Å². The van der Waals surface area contributed by atoms with Crippen LogP contribution in [0, 0.1) is 0 Å². The molecular formula is C13H19N. The van der Waals surface area contributed by atoms with Crippen molar-refractivity contribution in [2.24, 2.45) is 0 Å². The summed E-state index contributed by atoms with van der Waals surface area (Å²) in [6.07, 6.45) is 2.71. The summed E-state index contributed by atoms with van der Waals surface area (Å²) in [5.74, 6) is 0. The highest BCUT2D eigenvalue weighted by atomic mass is 14.8. The van der Waals surface area contributed by atoms with Gasteiger partial charge in [-0.3, -0.25) is 0 Å². The molecule has 0 aromatic heterocycles. The van der Waals surface area contributed by atoms with E-state index in [-0.39, 0.29) is 0 Å². The minimum atomic E-state index is 0.492. The molecule has 1 fully saturated rings. The zero-order chi connectivity index (χ0) is 10.0. The first-order chi connectivity index (χ1) is 6.76. The molecule has 76 valence electrons. The lowest BCUT2D eigenvalue weighted by molar-refractivity contribution is 0.696. The first kappa shape index (κ1) is 9.72. The SMILES string of the molecule is CCNCc1ccccc1C1(C)CC1. The average molecular weight is 189 g/mol.